The molecule has 0 aromatic heterocycles. The molecule has 0 aromatic rings. The maximum Gasteiger partial charge on any atom is 0.311 e. The second-order valence-corrected chi connectivity index (χ2v) is 11.9. The van der Waals surface area contributed by atoms with Crippen LogP contribution in [0.15, 0.2) is 25.3 Å². The first-order chi connectivity index (χ1) is 15.8. The zero-order valence-electron chi connectivity index (χ0n) is 19.5. The molecule has 5 atom stereocenters. The molecule has 33 heavy (non-hydrogen) atoms. The molecule has 4 fully saturated rings. The quantitative estimate of drug-likeness (QED) is 0.407. The van der Waals surface area contributed by atoms with Gasteiger partial charge >= 0.3 is 5.97 Å². The van der Waals surface area contributed by atoms with Crippen LogP contribution >= 0.6 is 11.8 Å². The van der Waals surface area contributed by atoms with Crippen LogP contribution in [0.1, 0.15) is 51.9 Å². The number of ether oxygens (including phenoxy) is 1. The van der Waals surface area contributed by atoms with Crippen molar-refractivity contribution in [3.8, 4) is 0 Å². The number of aliphatic hydroxyl groups excluding tert-OH is 1. The Labute approximate surface area is 200 Å². The molecule has 0 radical (unpaired) electrons. The van der Waals surface area contributed by atoms with Crippen molar-refractivity contribution in [1.29, 1.82) is 0 Å². The van der Waals surface area contributed by atoms with E-state index in [9.17, 15) is 19.5 Å². The second kappa shape index (κ2) is 9.45. The van der Waals surface area contributed by atoms with Gasteiger partial charge in [0, 0.05) is 23.9 Å². The number of likely N-dealkylation sites (tertiary alicyclic amines) is 1. The highest BCUT2D eigenvalue weighted by Crippen LogP contribution is 2.71. The summed E-state index contributed by atoms with van der Waals surface area (Å²) >= 11 is 1.63. The molecule has 2 bridgehead atoms. The summed E-state index contributed by atoms with van der Waals surface area (Å²) < 4.78 is 4.29. The molecule has 0 aromatic carbocycles. The molecule has 1 saturated carbocycles. The van der Waals surface area contributed by atoms with Gasteiger partial charge in [0.1, 0.15) is 12.6 Å². The first-order valence-electron chi connectivity index (χ1n) is 12.1. The largest absolute Gasteiger partial charge is 0.461 e. The number of amides is 2. The van der Waals surface area contributed by atoms with Crippen molar-refractivity contribution in [1.82, 2.24) is 9.80 Å². The number of fused-ring (bicyclic) bond motifs is 1. The number of nitrogens with zero attached hydrogens (tertiary/aromatic N) is 2. The number of hydrogen-bond donors (Lipinski definition) is 1. The predicted molar refractivity (Wildman–Crippen MR) is 127 cm³/mol. The Bertz CT molecular complexity index is 828. The topological polar surface area (TPSA) is 87.1 Å². The summed E-state index contributed by atoms with van der Waals surface area (Å²) in [6.07, 6.45) is 9.99. The average molecular weight is 477 g/mol. The minimum atomic E-state index is -0.687. The van der Waals surface area contributed by atoms with E-state index in [1.165, 1.54) is 12.5 Å². The van der Waals surface area contributed by atoms with Gasteiger partial charge in [0.25, 0.3) is 0 Å². The summed E-state index contributed by atoms with van der Waals surface area (Å²) in [5.41, 5.74) is 0. The normalized spacial score (nSPS) is 35.4. The molecule has 8 heteroatoms. The number of thioether (sulfide) groups is 1. The van der Waals surface area contributed by atoms with Gasteiger partial charge in [-0.3, -0.25) is 14.4 Å². The molecule has 1 aliphatic carbocycles. The lowest BCUT2D eigenvalue weighted by molar-refractivity contribution is -0.154. The summed E-state index contributed by atoms with van der Waals surface area (Å²) in [7, 11) is 0. The highest BCUT2D eigenvalue weighted by atomic mass is 32.2. The maximum absolute atomic E-state index is 14.2. The SMILES string of the molecule is C=CCOC(=O)[C@@H]1[C@H]2C(=O)N(CCO)C(C(=O)N(CC=C)C3CCCCC3)C23CC[C@@]1(C)S3. The van der Waals surface area contributed by atoms with Gasteiger partial charge in [-0.15, -0.1) is 18.3 Å². The van der Waals surface area contributed by atoms with Crippen molar-refractivity contribution in [2.45, 2.75) is 73.4 Å². The molecule has 3 saturated heterocycles. The Morgan fingerprint density at radius 2 is 1.97 bits per heavy atom. The molecule has 3 heterocycles. The highest BCUT2D eigenvalue weighted by molar-refractivity contribution is 8.02. The van der Waals surface area contributed by atoms with E-state index in [0.29, 0.717) is 13.0 Å². The van der Waals surface area contributed by atoms with Crippen LogP contribution in [-0.4, -0.2) is 80.6 Å². The van der Waals surface area contributed by atoms with Crippen LogP contribution in [0.4, 0.5) is 0 Å². The van der Waals surface area contributed by atoms with E-state index >= 15 is 0 Å². The molecule has 2 unspecified atom stereocenters. The zero-order valence-corrected chi connectivity index (χ0v) is 20.4. The third-order valence-corrected chi connectivity index (χ3v) is 10.1. The lowest BCUT2D eigenvalue weighted by Gasteiger charge is -2.41. The maximum atomic E-state index is 14.2. The third kappa shape index (κ3) is 3.83. The molecule has 1 N–H and O–H groups in total. The summed E-state index contributed by atoms with van der Waals surface area (Å²) in [6, 6.07) is -0.550. The van der Waals surface area contributed by atoms with E-state index in [2.05, 4.69) is 13.2 Å². The van der Waals surface area contributed by atoms with Crippen LogP contribution in [-0.2, 0) is 19.1 Å². The van der Waals surface area contributed by atoms with Gasteiger partial charge in [-0.1, -0.05) is 38.0 Å². The number of esters is 1. The van der Waals surface area contributed by atoms with Crippen molar-refractivity contribution in [3.05, 3.63) is 25.3 Å². The number of β-amino-alcohol motifs (C(OH)–C–C–N with tert-alkyl or cyclic N) is 1. The van der Waals surface area contributed by atoms with Crippen molar-refractivity contribution in [3.63, 3.8) is 0 Å². The molecule has 3 aliphatic heterocycles. The van der Waals surface area contributed by atoms with E-state index in [0.717, 1.165) is 32.1 Å². The summed E-state index contributed by atoms with van der Waals surface area (Å²) in [6.45, 7) is 9.91. The number of aliphatic hydroxyl groups is 1. The van der Waals surface area contributed by atoms with Crippen molar-refractivity contribution >= 4 is 29.5 Å². The van der Waals surface area contributed by atoms with E-state index in [-0.39, 0.29) is 37.6 Å². The van der Waals surface area contributed by atoms with E-state index in [1.54, 1.807) is 22.7 Å². The Morgan fingerprint density at radius 1 is 1.24 bits per heavy atom. The number of rotatable bonds is 9. The standard InChI is InChI=1S/C25H36N2O5S/c1-4-13-26(17-9-7-6-8-10-17)22(30)20-25-12-11-24(3,33-25)19(23(31)32-16-5-2)18(25)21(29)27(20)14-15-28/h4-5,17-20,28H,1-2,6-16H2,3H3/t18-,19-,20?,24+,25?/m0/s1. The Kier molecular flexibility index (Phi) is 6.97. The molecule has 4 aliphatic rings. The summed E-state index contributed by atoms with van der Waals surface area (Å²) in [5.74, 6) is -1.89. The van der Waals surface area contributed by atoms with Crippen molar-refractivity contribution in [2.75, 3.05) is 26.3 Å². The van der Waals surface area contributed by atoms with Crippen LogP contribution in [0.5, 0.6) is 0 Å². The van der Waals surface area contributed by atoms with Gasteiger partial charge in [0.05, 0.1) is 23.2 Å². The average Bonchev–Trinajstić information content (AvgIpc) is 3.37. The van der Waals surface area contributed by atoms with Crippen LogP contribution in [0, 0.1) is 11.8 Å². The van der Waals surface area contributed by atoms with Crippen LogP contribution < -0.4 is 0 Å². The Balaban J connectivity index is 1.72. The molecule has 7 nitrogen and oxygen atoms in total. The van der Waals surface area contributed by atoms with E-state index < -0.39 is 33.3 Å². The van der Waals surface area contributed by atoms with Gasteiger partial charge in [-0.2, -0.15) is 0 Å². The molecule has 4 rings (SSSR count). The van der Waals surface area contributed by atoms with Crippen LogP contribution in [0.2, 0.25) is 0 Å². The first-order valence-corrected chi connectivity index (χ1v) is 13.0. The fourth-order valence-corrected chi connectivity index (χ4v) is 9.09. The van der Waals surface area contributed by atoms with Crippen LogP contribution in [0.3, 0.4) is 0 Å². The monoisotopic (exact) mass is 476 g/mol. The predicted octanol–water partition coefficient (Wildman–Crippen LogP) is 2.54. The molecule has 1 spiro atoms. The van der Waals surface area contributed by atoms with E-state index in [4.69, 9.17) is 4.74 Å². The zero-order chi connectivity index (χ0) is 23.8. The number of carbonyl (C=O) groups is 3. The van der Waals surface area contributed by atoms with Gasteiger partial charge in [-0.25, -0.2) is 0 Å². The summed E-state index contributed by atoms with van der Waals surface area (Å²) in [4.78, 5) is 44.5. The van der Waals surface area contributed by atoms with Gasteiger partial charge < -0.3 is 19.6 Å². The lowest BCUT2D eigenvalue weighted by Crippen LogP contribution is -2.57. The van der Waals surface area contributed by atoms with Gasteiger partial charge in [-0.05, 0) is 32.6 Å². The minimum absolute atomic E-state index is 0.0667. The first kappa shape index (κ1) is 24.3. The third-order valence-electron chi connectivity index (χ3n) is 8.07. The minimum Gasteiger partial charge on any atom is -0.461 e. The number of hydrogen-bond acceptors (Lipinski definition) is 6. The Hall–Kier alpha value is -1.80. The fourth-order valence-electron chi connectivity index (χ4n) is 6.75. The Morgan fingerprint density at radius 3 is 2.61 bits per heavy atom. The van der Waals surface area contributed by atoms with Crippen LogP contribution in [0.25, 0.3) is 0 Å². The van der Waals surface area contributed by atoms with Gasteiger partial charge in [0.2, 0.25) is 11.8 Å². The van der Waals surface area contributed by atoms with Gasteiger partial charge in [0.15, 0.2) is 0 Å². The molecule has 182 valence electrons. The number of carbonyl (C=O) groups excluding carboxylic acids is 3. The fraction of sp³-hybridized carbons (Fsp3) is 0.720. The highest BCUT2D eigenvalue weighted by Gasteiger charge is 2.77. The molecule has 2 amide bonds. The summed E-state index contributed by atoms with van der Waals surface area (Å²) in [5, 5.41) is 9.76. The van der Waals surface area contributed by atoms with Crippen molar-refractivity contribution < 1.29 is 24.2 Å². The van der Waals surface area contributed by atoms with E-state index in [1.807, 2.05) is 11.8 Å². The molecular weight excluding hydrogens is 440 g/mol. The lowest BCUT2D eigenvalue weighted by atomic mass is 9.66. The van der Waals surface area contributed by atoms with Crippen molar-refractivity contribution in [2.24, 2.45) is 11.8 Å². The molecular formula is C25H36N2O5S. The smallest absolute Gasteiger partial charge is 0.311 e. The second-order valence-electron chi connectivity index (χ2n) is 9.97.